The molecule has 0 spiro atoms. The van der Waals surface area contributed by atoms with Crippen molar-refractivity contribution in [1.29, 1.82) is 0 Å². The van der Waals surface area contributed by atoms with Crippen LogP contribution in [-0.4, -0.2) is 149 Å². The van der Waals surface area contributed by atoms with E-state index in [1.807, 2.05) is 19.9 Å². The summed E-state index contributed by atoms with van der Waals surface area (Å²) in [6.07, 6.45) is 2.93. The van der Waals surface area contributed by atoms with Gasteiger partial charge in [-0.15, -0.1) is 0 Å². The van der Waals surface area contributed by atoms with Crippen LogP contribution in [0.3, 0.4) is 0 Å². The van der Waals surface area contributed by atoms with E-state index in [1.54, 1.807) is 65.8 Å². The van der Waals surface area contributed by atoms with Gasteiger partial charge in [0.2, 0.25) is 47.3 Å². The predicted molar refractivity (Wildman–Crippen MR) is 266 cm³/mol. The number of nitrogens with zero attached hydrogens (tertiary/aromatic N) is 3. The summed E-state index contributed by atoms with van der Waals surface area (Å²) < 4.78 is 0. The monoisotopic (exact) mass is 997 g/mol. The number of guanidine groups is 1. The topological polar surface area (TPSA) is 343 Å². The molecule has 0 bridgehead atoms. The van der Waals surface area contributed by atoms with Crippen molar-refractivity contribution in [2.24, 2.45) is 45.9 Å². The molecule has 8 amide bonds. The van der Waals surface area contributed by atoms with Gasteiger partial charge in [-0.05, 0) is 67.8 Å². The fourth-order valence-electron chi connectivity index (χ4n) is 8.54. The molecule has 0 aromatic heterocycles. The van der Waals surface area contributed by atoms with Gasteiger partial charge in [0.15, 0.2) is 5.96 Å². The van der Waals surface area contributed by atoms with Crippen molar-refractivity contribution in [3.05, 3.63) is 35.9 Å². The average molecular weight is 997 g/mol. The maximum absolute atomic E-state index is 14.7. The average Bonchev–Trinajstić information content (AvgIpc) is 4.04. The molecule has 71 heavy (non-hydrogen) atoms. The van der Waals surface area contributed by atoms with Gasteiger partial charge in [-0.3, -0.25) is 43.3 Å². The van der Waals surface area contributed by atoms with Gasteiger partial charge in [0.05, 0.1) is 12.6 Å². The summed E-state index contributed by atoms with van der Waals surface area (Å²) in [6.45, 7) is 14.2. The molecule has 0 radical (unpaired) electrons. The summed E-state index contributed by atoms with van der Waals surface area (Å²) in [5, 5.41) is 26.0. The summed E-state index contributed by atoms with van der Waals surface area (Å²) in [6, 6.07) is 0.470. The zero-order valence-corrected chi connectivity index (χ0v) is 42.7. The molecule has 396 valence electrons. The van der Waals surface area contributed by atoms with E-state index >= 15 is 0 Å². The first-order chi connectivity index (χ1) is 33.5. The molecule has 22 nitrogen and oxygen atoms in total. The quantitative estimate of drug-likeness (QED) is 0.0306. The Morgan fingerprint density at radius 1 is 0.676 bits per heavy atom. The lowest BCUT2D eigenvalue weighted by Gasteiger charge is -2.33. The normalized spacial score (nSPS) is 19.0. The van der Waals surface area contributed by atoms with Gasteiger partial charge in [-0.1, -0.05) is 98.6 Å². The van der Waals surface area contributed by atoms with E-state index in [0.717, 1.165) is 5.56 Å². The molecule has 10 atom stereocenters. The molecular formula is C49H80N12O10. The number of hydrogen-bond acceptors (Lipinski definition) is 11. The summed E-state index contributed by atoms with van der Waals surface area (Å²) in [4.78, 5) is 129. The first kappa shape index (κ1) is 59.0. The summed E-state index contributed by atoms with van der Waals surface area (Å²) in [7, 11) is 0. The van der Waals surface area contributed by atoms with Gasteiger partial charge in [0.25, 0.3) is 0 Å². The molecule has 0 aliphatic carbocycles. The van der Waals surface area contributed by atoms with E-state index in [4.69, 9.17) is 17.2 Å². The van der Waals surface area contributed by atoms with Crippen molar-refractivity contribution in [3.63, 3.8) is 0 Å². The molecule has 2 fully saturated rings. The minimum absolute atomic E-state index is 0.0558. The molecule has 13 N–H and O–H groups in total. The Morgan fingerprint density at radius 2 is 1.21 bits per heavy atom. The van der Waals surface area contributed by atoms with E-state index in [-0.39, 0.29) is 57.2 Å². The standard InChI is InChI=1S/C49H80N12O10/c1-9-29(7)39(46(68)59-40(30(8)10-2)45(67)57-38(28(5)6)48(70)71)58-43(65)35-21-16-24-61(35)47(69)33(25-31-17-12-11-13-18-31)56-42(64)34-20-15-23-60(34)36(62)26-54-41(63)32(19-14-22-53-49(51)52)55-44(66)37(50)27(3)4/h11-13,17-18,27-30,32-35,37-40H,9-10,14-16,19-26,50H2,1-8H3,(H,54,63)(H,55,66)(H,56,64)(H,57,67)(H,58,65)(H,59,68)(H,70,71)(H4,51,52,53). The maximum atomic E-state index is 14.7. The van der Waals surface area contributed by atoms with E-state index in [0.29, 0.717) is 32.1 Å². The largest absolute Gasteiger partial charge is 0.480 e. The molecule has 2 aliphatic heterocycles. The summed E-state index contributed by atoms with van der Waals surface area (Å²) in [5.41, 5.74) is 17.6. The Bertz CT molecular complexity index is 2030. The van der Waals surface area contributed by atoms with Crippen molar-refractivity contribution in [2.45, 2.75) is 162 Å². The highest BCUT2D eigenvalue weighted by Crippen LogP contribution is 2.23. The van der Waals surface area contributed by atoms with Crippen LogP contribution in [0.5, 0.6) is 0 Å². The minimum Gasteiger partial charge on any atom is -0.480 e. The number of hydrogen-bond donors (Lipinski definition) is 10. The van der Waals surface area contributed by atoms with E-state index < -0.39 is 126 Å². The van der Waals surface area contributed by atoms with Crippen LogP contribution in [0, 0.1) is 23.7 Å². The van der Waals surface area contributed by atoms with Crippen LogP contribution in [0.4, 0.5) is 0 Å². The molecule has 2 saturated heterocycles. The maximum Gasteiger partial charge on any atom is 0.326 e. The molecule has 22 heteroatoms. The van der Waals surface area contributed by atoms with E-state index in [9.17, 15) is 48.3 Å². The van der Waals surface area contributed by atoms with Gasteiger partial charge in [-0.25, -0.2) is 4.79 Å². The summed E-state index contributed by atoms with van der Waals surface area (Å²) in [5.74, 6) is -7.55. The molecule has 10 unspecified atom stereocenters. The molecule has 1 aromatic rings. The second kappa shape index (κ2) is 28.5. The number of aliphatic imine (C=N–C) groups is 1. The number of amides is 8. The molecule has 1 aromatic carbocycles. The molecule has 2 aliphatic rings. The third-order valence-corrected chi connectivity index (χ3v) is 13.4. The highest BCUT2D eigenvalue weighted by atomic mass is 16.4. The van der Waals surface area contributed by atoms with Crippen LogP contribution in [0.1, 0.15) is 112 Å². The number of nitrogens with one attached hydrogen (secondary N) is 6. The van der Waals surface area contributed by atoms with Gasteiger partial charge < -0.3 is 64.0 Å². The zero-order valence-electron chi connectivity index (χ0n) is 42.7. The van der Waals surface area contributed by atoms with Crippen LogP contribution in [0.25, 0.3) is 0 Å². The molecule has 2 heterocycles. The van der Waals surface area contributed by atoms with Crippen LogP contribution in [0.2, 0.25) is 0 Å². The fourth-order valence-corrected chi connectivity index (χ4v) is 8.54. The Morgan fingerprint density at radius 3 is 1.75 bits per heavy atom. The Hall–Kier alpha value is -6.32. The van der Waals surface area contributed by atoms with Gasteiger partial charge >= 0.3 is 5.97 Å². The summed E-state index contributed by atoms with van der Waals surface area (Å²) >= 11 is 0. The first-order valence-corrected chi connectivity index (χ1v) is 25.0. The zero-order chi connectivity index (χ0) is 53.1. The second-order valence-electron chi connectivity index (χ2n) is 19.5. The SMILES string of the molecule is CCC(C)C(NC(=O)C(NC(=O)C1CCCN1C(=O)C(Cc1ccccc1)NC(=O)C1CCCN1C(=O)CNC(=O)C(CCCN=C(N)N)NC(=O)C(N)C(C)C)C(C)CC)C(=O)NC(C(=O)O)C(C)C. The van der Waals surface area contributed by atoms with Crippen molar-refractivity contribution in [1.82, 2.24) is 41.7 Å². The minimum atomic E-state index is -1.21. The van der Waals surface area contributed by atoms with Gasteiger partial charge in [0.1, 0.15) is 42.3 Å². The Labute approximate surface area is 417 Å². The molecule has 3 rings (SSSR count). The van der Waals surface area contributed by atoms with E-state index in [2.05, 4.69) is 36.9 Å². The number of likely N-dealkylation sites (tertiary alicyclic amines) is 2. The first-order valence-electron chi connectivity index (χ1n) is 25.0. The van der Waals surface area contributed by atoms with Gasteiger partial charge in [0, 0.05) is 26.1 Å². The van der Waals surface area contributed by atoms with Crippen LogP contribution >= 0.6 is 0 Å². The number of carbonyl (C=O) groups is 9. The third-order valence-electron chi connectivity index (χ3n) is 13.4. The predicted octanol–water partition coefficient (Wildman–Crippen LogP) is -0.379. The number of rotatable bonds is 27. The Balaban J connectivity index is 1.80. The number of carboxylic acid groups (broad SMARTS) is 1. The Kier molecular flexibility index (Phi) is 23.7. The van der Waals surface area contributed by atoms with Crippen molar-refractivity contribution in [2.75, 3.05) is 26.2 Å². The number of benzene rings is 1. The van der Waals surface area contributed by atoms with Crippen molar-refractivity contribution in [3.8, 4) is 0 Å². The highest BCUT2D eigenvalue weighted by Gasteiger charge is 2.42. The lowest BCUT2D eigenvalue weighted by molar-refractivity contribution is -0.144. The number of nitrogens with two attached hydrogens (primary N) is 3. The third kappa shape index (κ3) is 17.5. The van der Waals surface area contributed by atoms with Crippen LogP contribution in [0.15, 0.2) is 35.3 Å². The van der Waals surface area contributed by atoms with Crippen LogP contribution < -0.4 is 49.1 Å². The van der Waals surface area contributed by atoms with Crippen molar-refractivity contribution >= 4 is 59.2 Å². The molecular weight excluding hydrogens is 917 g/mol. The smallest absolute Gasteiger partial charge is 0.326 e. The number of aliphatic carboxylic acids is 1. The van der Waals surface area contributed by atoms with Crippen LogP contribution in [-0.2, 0) is 49.6 Å². The second-order valence-corrected chi connectivity index (χ2v) is 19.5. The van der Waals surface area contributed by atoms with Gasteiger partial charge in [-0.2, -0.15) is 0 Å². The van der Waals surface area contributed by atoms with E-state index in [1.165, 1.54) is 9.80 Å². The number of carboxylic acids is 1. The lowest BCUT2D eigenvalue weighted by Crippen LogP contribution is -2.61. The fraction of sp³-hybridized carbons (Fsp3) is 0.673. The number of carbonyl (C=O) groups excluding carboxylic acids is 8. The highest BCUT2D eigenvalue weighted by molar-refractivity contribution is 5.98. The molecule has 0 saturated carbocycles. The van der Waals surface area contributed by atoms with Crippen molar-refractivity contribution < 1.29 is 48.3 Å². The lowest BCUT2D eigenvalue weighted by atomic mass is 9.94.